The van der Waals surface area contributed by atoms with E-state index in [9.17, 15) is 4.79 Å². The second kappa shape index (κ2) is 10.9. The van der Waals surface area contributed by atoms with Crippen molar-refractivity contribution in [2.75, 3.05) is 18.5 Å². The minimum atomic E-state index is -0.202. The van der Waals surface area contributed by atoms with Crippen molar-refractivity contribution in [3.63, 3.8) is 0 Å². The summed E-state index contributed by atoms with van der Waals surface area (Å²) in [6.45, 7) is 7.52. The van der Waals surface area contributed by atoms with Crippen LogP contribution in [-0.2, 0) is 0 Å². The van der Waals surface area contributed by atoms with E-state index in [1.54, 1.807) is 6.07 Å². The highest BCUT2D eigenvalue weighted by atomic mass is 35.5. The van der Waals surface area contributed by atoms with Crippen LogP contribution in [-0.4, -0.2) is 34.1 Å². The molecule has 1 saturated heterocycles. The molecule has 3 N–H and O–H groups in total. The molecular formula is C29H32ClN5O2. The summed E-state index contributed by atoms with van der Waals surface area (Å²) in [5, 5.41) is 8.12. The fourth-order valence-electron chi connectivity index (χ4n) is 5.05. The largest absolute Gasteiger partial charge is 0.492 e. The van der Waals surface area contributed by atoms with Crippen LogP contribution in [0.2, 0.25) is 5.02 Å². The van der Waals surface area contributed by atoms with Crippen LogP contribution in [0.15, 0.2) is 47.5 Å². The SMILES string of the molecule is Cc1cc(C)cc(-c2c(OCC[C@H]3CCCCN3)c3cc(Nc4cc(C)ncn4)c(Cl)cc3[nH]c2=O)c1. The van der Waals surface area contributed by atoms with Gasteiger partial charge in [0.25, 0.3) is 5.56 Å². The third-order valence-electron chi connectivity index (χ3n) is 6.76. The van der Waals surface area contributed by atoms with Gasteiger partial charge in [-0.05, 0) is 64.3 Å². The third kappa shape index (κ3) is 5.78. The number of pyridine rings is 1. The van der Waals surface area contributed by atoms with Crippen LogP contribution in [0, 0.1) is 20.8 Å². The minimum Gasteiger partial charge on any atom is -0.492 e. The van der Waals surface area contributed by atoms with E-state index < -0.39 is 0 Å². The Bertz CT molecular complexity index is 1470. The molecule has 0 saturated carbocycles. The van der Waals surface area contributed by atoms with E-state index in [1.807, 2.05) is 45.0 Å². The molecule has 4 aromatic rings. The number of anilines is 2. The highest BCUT2D eigenvalue weighted by Gasteiger charge is 2.20. The summed E-state index contributed by atoms with van der Waals surface area (Å²) in [5.41, 5.74) is 5.48. The molecule has 0 spiro atoms. The first-order valence-corrected chi connectivity index (χ1v) is 13.2. The number of benzene rings is 2. The number of hydrogen-bond donors (Lipinski definition) is 3. The number of aromatic nitrogens is 3. The molecule has 7 nitrogen and oxygen atoms in total. The van der Waals surface area contributed by atoms with Crippen LogP contribution in [0.4, 0.5) is 11.5 Å². The van der Waals surface area contributed by atoms with Gasteiger partial charge in [0.05, 0.1) is 28.4 Å². The lowest BCUT2D eigenvalue weighted by atomic mass is 9.99. The van der Waals surface area contributed by atoms with Gasteiger partial charge in [0.2, 0.25) is 0 Å². The van der Waals surface area contributed by atoms with Gasteiger partial charge in [0, 0.05) is 23.2 Å². The summed E-state index contributed by atoms with van der Waals surface area (Å²) in [6.07, 6.45) is 5.98. The van der Waals surface area contributed by atoms with Gasteiger partial charge in [-0.2, -0.15) is 0 Å². The van der Waals surface area contributed by atoms with E-state index in [0.29, 0.717) is 46.0 Å². The van der Waals surface area contributed by atoms with Crippen LogP contribution < -0.4 is 20.9 Å². The van der Waals surface area contributed by atoms with Gasteiger partial charge in [-0.3, -0.25) is 4.79 Å². The molecule has 192 valence electrons. The molecule has 0 bridgehead atoms. The summed E-state index contributed by atoms with van der Waals surface area (Å²) in [4.78, 5) is 24.9. The zero-order chi connectivity index (χ0) is 25.9. The van der Waals surface area contributed by atoms with Crippen molar-refractivity contribution in [3.8, 4) is 16.9 Å². The predicted octanol–water partition coefficient (Wildman–Crippen LogP) is 6.22. The molecule has 3 heterocycles. The molecule has 0 unspecified atom stereocenters. The Labute approximate surface area is 221 Å². The van der Waals surface area contributed by atoms with Crippen molar-refractivity contribution in [1.29, 1.82) is 0 Å². The minimum absolute atomic E-state index is 0.202. The lowest BCUT2D eigenvalue weighted by molar-refractivity contribution is 0.271. The maximum absolute atomic E-state index is 13.4. The maximum atomic E-state index is 13.4. The van der Waals surface area contributed by atoms with Crippen LogP contribution in [0.1, 0.15) is 42.5 Å². The Morgan fingerprint density at radius 3 is 2.59 bits per heavy atom. The number of fused-ring (bicyclic) bond motifs is 1. The Kier molecular flexibility index (Phi) is 7.44. The maximum Gasteiger partial charge on any atom is 0.260 e. The standard InChI is InChI=1S/C29H32ClN5O2/c1-17-10-18(2)12-20(11-17)27-28(37-9-7-21-6-4-5-8-31-21)22-14-25(23(30)15-24(22)35-29(27)36)34-26-13-19(3)32-16-33-26/h10-16,21,31H,4-9H2,1-3H3,(H,35,36)(H,32,33,34)/t21-/m1/s1. The number of halogens is 1. The fourth-order valence-corrected chi connectivity index (χ4v) is 5.26. The number of nitrogens with zero attached hydrogens (tertiary/aromatic N) is 2. The number of aryl methyl sites for hydroxylation is 3. The molecule has 2 aromatic heterocycles. The van der Waals surface area contributed by atoms with E-state index in [2.05, 4.69) is 31.7 Å². The van der Waals surface area contributed by atoms with E-state index >= 15 is 0 Å². The summed E-state index contributed by atoms with van der Waals surface area (Å²) in [6, 6.07) is 12.1. The summed E-state index contributed by atoms with van der Waals surface area (Å²) in [5.74, 6) is 1.21. The van der Waals surface area contributed by atoms with Crippen molar-refractivity contribution in [1.82, 2.24) is 20.3 Å². The second-order valence-corrected chi connectivity index (χ2v) is 10.3. The Morgan fingerprint density at radius 1 is 1.05 bits per heavy atom. The highest BCUT2D eigenvalue weighted by Crippen LogP contribution is 2.38. The Hall–Kier alpha value is -3.42. The zero-order valence-corrected chi connectivity index (χ0v) is 22.2. The normalized spacial score (nSPS) is 15.6. The van der Waals surface area contributed by atoms with Crippen LogP contribution in [0.25, 0.3) is 22.0 Å². The van der Waals surface area contributed by atoms with Gasteiger partial charge in [-0.1, -0.05) is 47.3 Å². The summed E-state index contributed by atoms with van der Waals surface area (Å²) in [7, 11) is 0. The zero-order valence-electron chi connectivity index (χ0n) is 21.5. The quantitative estimate of drug-likeness (QED) is 0.269. The van der Waals surface area contributed by atoms with Crippen LogP contribution in [0.3, 0.4) is 0 Å². The van der Waals surface area contributed by atoms with Gasteiger partial charge in [-0.25, -0.2) is 9.97 Å². The molecular weight excluding hydrogens is 486 g/mol. The molecule has 0 radical (unpaired) electrons. The molecule has 5 rings (SSSR count). The Balaban J connectivity index is 1.61. The summed E-state index contributed by atoms with van der Waals surface area (Å²) >= 11 is 6.62. The second-order valence-electron chi connectivity index (χ2n) is 9.87. The van der Waals surface area contributed by atoms with Gasteiger partial charge < -0.3 is 20.4 Å². The van der Waals surface area contributed by atoms with Crippen molar-refractivity contribution in [3.05, 3.63) is 74.9 Å². The first kappa shape index (κ1) is 25.2. The van der Waals surface area contributed by atoms with Crippen molar-refractivity contribution < 1.29 is 4.74 Å². The van der Waals surface area contributed by atoms with Gasteiger partial charge in [0.15, 0.2) is 0 Å². The Morgan fingerprint density at radius 2 is 1.86 bits per heavy atom. The fraction of sp³-hybridized carbons (Fsp3) is 0.345. The molecule has 0 aliphatic carbocycles. The monoisotopic (exact) mass is 517 g/mol. The first-order valence-electron chi connectivity index (χ1n) is 12.8. The molecule has 0 amide bonds. The number of piperidine rings is 1. The topological polar surface area (TPSA) is 91.9 Å². The average molecular weight is 518 g/mol. The lowest BCUT2D eigenvalue weighted by Gasteiger charge is -2.24. The number of nitrogens with one attached hydrogen (secondary N) is 3. The van der Waals surface area contributed by atoms with Crippen molar-refractivity contribution in [2.45, 2.75) is 52.5 Å². The first-order chi connectivity index (χ1) is 17.9. The van der Waals surface area contributed by atoms with E-state index in [4.69, 9.17) is 16.3 Å². The smallest absolute Gasteiger partial charge is 0.260 e. The van der Waals surface area contributed by atoms with Crippen molar-refractivity contribution in [2.24, 2.45) is 0 Å². The molecule has 1 aliphatic rings. The third-order valence-corrected chi connectivity index (χ3v) is 7.07. The van der Waals surface area contributed by atoms with E-state index in [0.717, 1.165) is 47.2 Å². The van der Waals surface area contributed by atoms with Crippen LogP contribution >= 0.6 is 11.6 Å². The van der Waals surface area contributed by atoms with Crippen molar-refractivity contribution >= 4 is 34.0 Å². The molecule has 1 atom stereocenters. The molecule has 2 aromatic carbocycles. The molecule has 8 heteroatoms. The highest BCUT2D eigenvalue weighted by molar-refractivity contribution is 6.34. The van der Waals surface area contributed by atoms with Gasteiger partial charge in [-0.15, -0.1) is 0 Å². The van der Waals surface area contributed by atoms with E-state index in [-0.39, 0.29) is 5.56 Å². The molecule has 1 fully saturated rings. The number of hydrogen-bond acceptors (Lipinski definition) is 6. The molecule has 37 heavy (non-hydrogen) atoms. The predicted molar refractivity (Wildman–Crippen MR) is 150 cm³/mol. The molecule has 1 aliphatic heterocycles. The van der Waals surface area contributed by atoms with Gasteiger partial charge in [0.1, 0.15) is 17.9 Å². The number of rotatable bonds is 7. The number of H-pyrrole nitrogens is 1. The number of ether oxygens (including phenoxy) is 1. The van der Waals surface area contributed by atoms with Crippen LogP contribution in [0.5, 0.6) is 5.75 Å². The lowest BCUT2D eigenvalue weighted by Crippen LogP contribution is -2.35. The summed E-state index contributed by atoms with van der Waals surface area (Å²) < 4.78 is 6.48. The number of aromatic amines is 1. The van der Waals surface area contributed by atoms with Gasteiger partial charge >= 0.3 is 0 Å². The average Bonchev–Trinajstić information content (AvgIpc) is 2.85. The van der Waals surface area contributed by atoms with E-state index in [1.165, 1.54) is 19.2 Å².